The zero-order valence-corrected chi connectivity index (χ0v) is 21.4. The monoisotopic (exact) mass is 515 g/mol. The van der Waals surface area contributed by atoms with Crippen LogP contribution >= 0.6 is 11.6 Å². The first-order valence-electron chi connectivity index (χ1n) is 10.7. The van der Waals surface area contributed by atoms with Gasteiger partial charge in [-0.1, -0.05) is 35.4 Å². The van der Waals surface area contributed by atoms with E-state index >= 15 is 0 Å². The lowest BCUT2D eigenvalue weighted by atomic mass is 10.2. The average molecular weight is 516 g/mol. The van der Waals surface area contributed by atoms with Crippen molar-refractivity contribution in [2.45, 2.75) is 18.7 Å². The summed E-state index contributed by atoms with van der Waals surface area (Å²) in [5.41, 5.74) is 1.59. The average Bonchev–Trinajstić information content (AvgIpc) is 2.84. The molecule has 7 nitrogen and oxygen atoms in total. The van der Waals surface area contributed by atoms with Crippen LogP contribution in [0.3, 0.4) is 0 Å². The van der Waals surface area contributed by atoms with Crippen LogP contribution in [-0.4, -0.2) is 35.2 Å². The maximum absolute atomic E-state index is 13.5. The molecule has 9 heteroatoms. The molecule has 0 unspecified atom stereocenters. The third kappa shape index (κ3) is 5.96. The fraction of sp³-hybridized carbons (Fsp3) is 0.192. The van der Waals surface area contributed by atoms with Gasteiger partial charge in [0.2, 0.25) is 0 Å². The molecular weight excluding hydrogens is 490 g/mol. The van der Waals surface area contributed by atoms with Gasteiger partial charge in [-0.2, -0.15) is 4.31 Å². The van der Waals surface area contributed by atoms with Crippen LogP contribution in [0, 0.1) is 6.92 Å². The van der Waals surface area contributed by atoms with Crippen molar-refractivity contribution in [1.82, 2.24) is 0 Å². The molecule has 3 aromatic carbocycles. The summed E-state index contributed by atoms with van der Waals surface area (Å²) in [5, 5.41) is 0.169. The van der Waals surface area contributed by atoms with Gasteiger partial charge in [0, 0.05) is 6.08 Å². The fourth-order valence-electron chi connectivity index (χ4n) is 3.28. The van der Waals surface area contributed by atoms with Crippen LogP contribution in [0.5, 0.6) is 17.2 Å². The Balaban J connectivity index is 2.04. The topological polar surface area (TPSA) is 82.1 Å². The van der Waals surface area contributed by atoms with E-state index in [0.29, 0.717) is 33.7 Å². The number of amides is 1. The number of methoxy groups -OCH3 is 2. The second-order valence-corrected chi connectivity index (χ2v) is 9.61. The van der Waals surface area contributed by atoms with Crippen LogP contribution in [0.1, 0.15) is 18.1 Å². The maximum Gasteiger partial charge on any atom is 0.271 e. The summed E-state index contributed by atoms with van der Waals surface area (Å²) < 4.78 is 43.8. The van der Waals surface area contributed by atoms with Crippen LogP contribution in [0.2, 0.25) is 5.02 Å². The maximum atomic E-state index is 13.5. The number of carbonyl (C=O) groups is 1. The van der Waals surface area contributed by atoms with Gasteiger partial charge in [0.15, 0.2) is 11.5 Å². The lowest BCUT2D eigenvalue weighted by Gasteiger charge is -2.22. The highest BCUT2D eigenvalue weighted by atomic mass is 35.5. The normalized spacial score (nSPS) is 11.3. The number of carbonyl (C=O) groups excluding carboxylic acids is 1. The van der Waals surface area contributed by atoms with Gasteiger partial charge >= 0.3 is 0 Å². The Morgan fingerprint density at radius 1 is 0.943 bits per heavy atom. The van der Waals surface area contributed by atoms with E-state index in [9.17, 15) is 13.2 Å². The first-order chi connectivity index (χ1) is 16.7. The molecule has 3 rings (SSSR count). The van der Waals surface area contributed by atoms with Crippen molar-refractivity contribution in [2.75, 3.05) is 25.1 Å². The zero-order valence-electron chi connectivity index (χ0n) is 19.8. The third-order valence-electron chi connectivity index (χ3n) is 5.04. The predicted molar refractivity (Wildman–Crippen MR) is 137 cm³/mol. The molecule has 184 valence electrons. The Kier molecular flexibility index (Phi) is 8.43. The Labute approximate surface area is 210 Å². The summed E-state index contributed by atoms with van der Waals surface area (Å²) in [7, 11) is -1.29. The van der Waals surface area contributed by atoms with E-state index in [2.05, 4.69) is 0 Å². The molecule has 0 aliphatic heterocycles. The molecule has 0 bridgehead atoms. The van der Waals surface area contributed by atoms with Crippen molar-refractivity contribution >= 4 is 39.3 Å². The van der Waals surface area contributed by atoms with Crippen molar-refractivity contribution in [3.63, 3.8) is 0 Å². The summed E-state index contributed by atoms with van der Waals surface area (Å²) >= 11 is 6.24. The number of halogens is 1. The smallest absolute Gasteiger partial charge is 0.271 e. The van der Waals surface area contributed by atoms with E-state index in [1.54, 1.807) is 30.3 Å². The van der Waals surface area contributed by atoms with Crippen LogP contribution in [-0.2, 0) is 14.8 Å². The van der Waals surface area contributed by atoms with E-state index in [1.165, 1.54) is 56.7 Å². The number of hydrogen-bond donors (Lipinski definition) is 0. The molecule has 0 radical (unpaired) electrons. The van der Waals surface area contributed by atoms with Gasteiger partial charge in [0.1, 0.15) is 5.75 Å². The summed E-state index contributed by atoms with van der Waals surface area (Å²) in [6.45, 7) is 4.18. The molecule has 0 fully saturated rings. The van der Waals surface area contributed by atoms with Gasteiger partial charge in [-0.25, -0.2) is 8.42 Å². The highest BCUT2D eigenvalue weighted by Crippen LogP contribution is 2.33. The van der Waals surface area contributed by atoms with Crippen LogP contribution in [0.4, 0.5) is 5.69 Å². The van der Waals surface area contributed by atoms with Gasteiger partial charge in [0.05, 0.1) is 36.4 Å². The van der Waals surface area contributed by atoms with Crippen LogP contribution < -0.4 is 18.5 Å². The minimum atomic E-state index is -4.25. The Hall–Kier alpha value is -3.49. The van der Waals surface area contributed by atoms with Crippen LogP contribution in [0.25, 0.3) is 6.08 Å². The van der Waals surface area contributed by atoms with Crippen LogP contribution in [0.15, 0.2) is 71.6 Å². The molecular formula is C26H26ClNO6S. The number of sulfonamides is 1. The van der Waals surface area contributed by atoms with E-state index < -0.39 is 15.9 Å². The molecule has 0 heterocycles. The van der Waals surface area contributed by atoms with E-state index in [1.807, 2.05) is 13.8 Å². The first-order valence-corrected chi connectivity index (χ1v) is 12.5. The van der Waals surface area contributed by atoms with Gasteiger partial charge in [-0.15, -0.1) is 0 Å². The van der Waals surface area contributed by atoms with Crippen molar-refractivity contribution in [1.29, 1.82) is 0 Å². The van der Waals surface area contributed by atoms with Gasteiger partial charge in [-0.3, -0.25) is 4.79 Å². The largest absolute Gasteiger partial charge is 0.495 e. The number of ether oxygens (including phenoxy) is 3. The molecule has 0 aliphatic rings. The molecule has 0 N–H and O–H groups in total. The van der Waals surface area contributed by atoms with Crippen molar-refractivity contribution < 1.29 is 27.4 Å². The lowest BCUT2D eigenvalue weighted by molar-refractivity contribution is -0.113. The summed E-state index contributed by atoms with van der Waals surface area (Å²) in [6, 6.07) is 15.7. The number of benzene rings is 3. The quantitative estimate of drug-likeness (QED) is 0.350. The SMILES string of the molecule is CCOc1ccc(/C=C/C(=O)N(c2ccc(OC)c(Cl)c2)S(=O)(=O)c2ccc(C)cc2)cc1OC. The molecule has 35 heavy (non-hydrogen) atoms. The third-order valence-corrected chi connectivity index (χ3v) is 7.07. The summed E-state index contributed by atoms with van der Waals surface area (Å²) in [6.07, 6.45) is 2.68. The second-order valence-electron chi connectivity index (χ2n) is 7.42. The number of hydrogen-bond acceptors (Lipinski definition) is 6. The zero-order chi connectivity index (χ0) is 25.6. The molecule has 0 spiro atoms. The summed E-state index contributed by atoms with van der Waals surface area (Å²) in [4.78, 5) is 13.3. The first kappa shape index (κ1) is 26.1. The standard InChI is InChI=1S/C26H26ClNO6S/c1-5-34-24-13-8-19(16-25(24)33-4)9-15-26(29)28(20-10-14-23(32-3)22(27)17-20)35(30,31)21-11-6-18(2)7-12-21/h6-17H,5H2,1-4H3/b15-9+. The van der Waals surface area contributed by atoms with Gasteiger partial charge < -0.3 is 14.2 Å². The highest BCUT2D eigenvalue weighted by molar-refractivity contribution is 7.93. The molecule has 1 amide bonds. The predicted octanol–water partition coefficient (Wildman–Crippen LogP) is 5.50. The fourth-order valence-corrected chi connectivity index (χ4v) is 4.91. The second kappa shape index (κ2) is 11.3. The Morgan fingerprint density at radius 3 is 2.20 bits per heavy atom. The van der Waals surface area contributed by atoms with Crippen molar-refractivity contribution in [3.05, 3.63) is 82.9 Å². The van der Waals surface area contributed by atoms with E-state index in [0.717, 1.165) is 5.56 Å². The molecule has 3 aromatic rings. The lowest BCUT2D eigenvalue weighted by Crippen LogP contribution is -2.35. The van der Waals surface area contributed by atoms with Gasteiger partial charge in [0.25, 0.3) is 15.9 Å². The molecule has 0 aliphatic carbocycles. The Morgan fingerprint density at radius 2 is 1.60 bits per heavy atom. The molecule has 0 atom stereocenters. The highest BCUT2D eigenvalue weighted by Gasteiger charge is 2.30. The number of aryl methyl sites for hydroxylation is 1. The number of nitrogens with zero attached hydrogens (tertiary/aromatic N) is 1. The van der Waals surface area contributed by atoms with E-state index in [-0.39, 0.29) is 15.6 Å². The summed E-state index contributed by atoms with van der Waals surface area (Å²) in [5.74, 6) is 0.634. The minimum absolute atomic E-state index is 0.0282. The van der Waals surface area contributed by atoms with Gasteiger partial charge in [-0.05, 0) is 68.0 Å². The van der Waals surface area contributed by atoms with Crippen molar-refractivity contribution in [2.24, 2.45) is 0 Å². The molecule has 0 aromatic heterocycles. The van der Waals surface area contributed by atoms with E-state index in [4.69, 9.17) is 25.8 Å². The Bertz CT molecular complexity index is 1340. The van der Waals surface area contributed by atoms with Crippen molar-refractivity contribution in [3.8, 4) is 17.2 Å². The number of anilines is 1. The minimum Gasteiger partial charge on any atom is -0.495 e. The number of rotatable bonds is 9. The molecule has 0 saturated carbocycles. The molecule has 0 saturated heterocycles.